The van der Waals surface area contributed by atoms with Gasteiger partial charge >= 0.3 is 10.1 Å². The van der Waals surface area contributed by atoms with Crippen LogP contribution in [-0.4, -0.2) is 24.1 Å². The number of nitrogens with zero attached hydrogens (tertiary/aromatic N) is 2. The molecule has 0 unspecified atom stereocenters. The summed E-state index contributed by atoms with van der Waals surface area (Å²) in [6, 6.07) is 4.32. The van der Waals surface area contributed by atoms with Crippen molar-refractivity contribution in [1.29, 1.82) is 0 Å². The fraction of sp³-hybridized carbons (Fsp3) is 0.200. The minimum Gasteiger partial charge on any atom is -0.379 e. The summed E-state index contributed by atoms with van der Waals surface area (Å²) in [7, 11) is -3.65. The maximum atomic E-state index is 11.6. The lowest BCUT2D eigenvalue weighted by Gasteiger charge is -2.07. The topological polar surface area (TPSA) is 77.7 Å². The third-order valence-electron chi connectivity index (χ3n) is 2.02. The predicted molar refractivity (Wildman–Crippen MR) is 61.7 cm³/mol. The van der Waals surface area contributed by atoms with E-state index in [0.29, 0.717) is 5.69 Å². The van der Waals surface area contributed by atoms with Crippen LogP contribution in [0.4, 0.5) is 0 Å². The van der Waals surface area contributed by atoms with E-state index in [0.717, 1.165) is 6.26 Å². The second kappa shape index (κ2) is 3.85. The van der Waals surface area contributed by atoms with Crippen LogP contribution in [0.25, 0.3) is 5.65 Å². The molecule has 2 aromatic heterocycles. The quantitative estimate of drug-likeness (QED) is 0.722. The molecule has 2 heterocycles. The largest absolute Gasteiger partial charge is 0.379 e. The van der Waals surface area contributed by atoms with E-state index in [1.165, 1.54) is 28.8 Å². The molecule has 2 aromatic rings. The zero-order valence-electron chi connectivity index (χ0n) is 9.25. The van der Waals surface area contributed by atoms with Crippen LogP contribution in [0.3, 0.4) is 0 Å². The molecule has 0 spiro atoms. The Morgan fingerprint density at radius 2 is 2.12 bits per heavy atom. The Labute approximate surface area is 97.6 Å². The predicted octanol–water partition coefficient (Wildman–Crippen LogP) is 0.341. The molecule has 90 valence electrons. The van der Waals surface area contributed by atoms with Gasteiger partial charge in [0.1, 0.15) is 0 Å². The minimum atomic E-state index is -3.65. The Bertz CT molecular complexity index is 734. The Hall–Kier alpha value is -1.89. The molecule has 6 nitrogen and oxygen atoms in total. The fourth-order valence-corrected chi connectivity index (χ4v) is 1.90. The number of aromatic nitrogens is 2. The molecule has 2 rings (SSSR count). The highest BCUT2D eigenvalue weighted by Gasteiger charge is 2.10. The van der Waals surface area contributed by atoms with Crippen LogP contribution in [0, 0.1) is 6.92 Å². The van der Waals surface area contributed by atoms with Crippen LogP contribution < -0.4 is 9.74 Å². The first kappa shape index (κ1) is 11.6. The van der Waals surface area contributed by atoms with E-state index in [-0.39, 0.29) is 17.0 Å². The molecule has 0 aliphatic carbocycles. The first-order valence-electron chi connectivity index (χ1n) is 4.75. The molecule has 0 saturated carbocycles. The van der Waals surface area contributed by atoms with Crippen molar-refractivity contribution in [2.45, 2.75) is 6.92 Å². The second-order valence-corrected chi connectivity index (χ2v) is 5.16. The zero-order chi connectivity index (χ0) is 12.6. The summed E-state index contributed by atoms with van der Waals surface area (Å²) in [5.41, 5.74) is 0.397. The van der Waals surface area contributed by atoms with Crippen molar-refractivity contribution in [3.63, 3.8) is 0 Å². The van der Waals surface area contributed by atoms with Gasteiger partial charge in [0, 0.05) is 18.0 Å². The molecule has 0 bridgehead atoms. The van der Waals surface area contributed by atoms with Crippen molar-refractivity contribution in [2.24, 2.45) is 0 Å². The van der Waals surface area contributed by atoms with Gasteiger partial charge in [0.25, 0.3) is 5.56 Å². The summed E-state index contributed by atoms with van der Waals surface area (Å²) >= 11 is 0. The standard InChI is InChI=1S/C10H10N2O4S/c1-7-6-9(13)12-5-3-4-8(10(12)11-7)16-17(2,14)15/h3-6H,1-2H3. The molecule has 7 heteroatoms. The zero-order valence-corrected chi connectivity index (χ0v) is 10.1. The summed E-state index contributed by atoms with van der Waals surface area (Å²) in [6.45, 7) is 1.65. The molecule has 17 heavy (non-hydrogen) atoms. The summed E-state index contributed by atoms with van der Waals surface area (Å²) in [6.07, 6.45) is 2.43. The summed E-state index contributed by atoms with van der Waals surface area (Å²) in [5.74, 6) is 0.0378. The molecule has 0 radical (unpaired) electrons. The van der Waals surface area contributed by atoms with Crippen molar-refractivity contribution < 1.29 is 12.6 Å². The number of rotatable bonds is 2. The van der Waals surface area contributed by atoms with Gasteiger partial charge in [-0.25, -0.2) is 4.98 Å². The number of fused-ring (bicyclic) bond motifs is 1. The molecule has 0 atom stereocenters. The molecular weight excluding hydrogens is 244 g/mol. The molecule has 0 aromatic carbocycles. The highest BCUT2D eigenvalue weighted by Crippen LogP contribution is 2.17. The van der Waals surface area contributed by atoms with Gasteiger partial charge < -0.3 is 4.18 Å². The van der Waals surface area contributed by atoms with Crippen molar-refractivity contribution in [1.82, 2.24) is 9.38 Å². The lowest BCUT2D eigenvalue weighted by atomic mass is 10.4. The van der Waals surface area contributed by atoms with E-state index >= 15 is 0 Å². The number of pyridine rings is 1. The average molecular weight is 254 g/mol. The van der Waals surface area contributed by atoms with Gasteiger partial charge in [0.2, 0.25) is 0 Å². The summed E-state index contributed by atoms with van der Waals surface area (Å²) in [4.78, 5) is 15.7. The summed E-state index contributed by atoms with van der Waals surface area (Å²) in [5, 5.41) is 0. The highest BCUT2D eigenvalue weighted by molar-refractivity contribution is 7.86. The Morgan fingerprint density at radius 1 is 1.41 bits per heavy atom. The Morgan fingerprint density at radius 3 is 2.76 bits per heavy atom. The minimum absolute atomic E-state index is 0.0378. The number of hydrogen-bond acceptors (Lipinski definition) is 5. The van der Waals surface area contributed by atoms with Gasteiger partial charge in [-0.1, -0.05) is 0 Å². The lowest BCUT2D eigenvalue weighted by molar-refractivity contribution is 0.493. The van der Waals surface area contributed by atoms with E-state index < -0.39 is 10.1 Å². The van der Waals surface area contributed by atoms with Gasteiger partial charge in [-0.2, -0.15) is 8.42 Å². The second-order valence-electron chi connectivity index (χ2n) is 3.59. The molecule has 0 aliphatic rings. The van der Waals surface area contributed by atoms with Crippen molar-refractivity contribution in [3.8, 4) is 5.75 Å². The number of hydrogen-bond donors (Lipinski definition) is 0. The first-order chi connectivity index (χ1) is 7.87. The third-order valence-corrected chi connectivity index (χ3v) is 2.51. The van der Waals surface area contributed by atoms with Gasteiger partial charge in [-0.3, -0.25) is 9.20 Å². The Balaban J connectivity index is 2.77. The molecule has 0 fully saturated rings. The normalized spacial score (nSPS) is 11.6. The van der Waals surface area contributed by atoms with Crippen LogP contribution in [0.2, 0.25) is 0 Å². The van der Waals surface area contributed by atoms with Crippen LogP contribution in [0.1, 0.15) is 5.69 Å². The smallest absolute Gasteiger partial charge is 0.306 e. The Kier molecular flexibility index (Phi) is 2.62. The molecule has 0 amide bonds. The first-order valence-corrected chi connectivity index (χ1v) is 6.57. The van der Waals surface area contributed by atoms with E-state index in [9.17, 15) is 13.2 Å². The highest BCUT2D eigenvalue weighted by atomic mass is 32.2. The average Bonchev–Trinajstić information content (AvgIpc) is 2.17. The molecule has 0 saturated heterocycles. The SMILES string of the molecule is Cc1cc(=O)n2cccc(OS(C)(=O)=O)c2n1. The monoisotopic (exact) mass is 254 g/mol. The van der Waals surface area contributed by atoms with Crippen LogP contribution >= 0.6 is 0 Å². The van der Waals surface area contributed by atoms with E-state index in [1.54, 1.807) is 6.92 Å². The van der Waals surface area contributed by atoms with Crippen molar-refractivity contribution >= 4 is 15.8 Å². The maximum Gasteiger partial charge on any atom is 0.306 e. The molecule has 0 N–H and O–H groups in total. The van der Waals surface area contributed by atoms with Gasteiger partial charge in [-0.05, 0) is 19.1 Å². The fourth-order valence-electron chi connectivity index (χ4n) is 1.44. The van der Waals surface area contributed by atoms with Crippen LogP contribution in [0.15, 0.2) is 29.2 Å². The third kappa shape index (κ3) is 2.44. The molecule has 0 aliphatic heterocycles. The number of aryl methyl sites for hydroxylation is 1. The van der Waals surface area contributed by atoms with Gasteiger partial charge in [-0.15, -0.1) is 0 Å². The van der Waals surface area contributed by atoms with Gasteiger partial charge in [0.15, 0.2) is 11.4 Å². The van der Waals surface area contributed by atoms with E-state index in [1.807, 2.05) is 0 Å². The summed E-state index contributed by atoms with van der Waals surface area (Å²) < 4.78 is 28.2. The maximum absolute atomic E-state index is 11.6. The van der Waals surface area contributed by atoms with Crippen molar-refractivity contribution in [3.05, 3.63) is 40.4 Å². The van der Waals surface area contributed by atoms with Crippen LogP contribution in [-0.2, 0) is 10.1 Å². The van der Waals surface area contributed by atoms with Crippen LogP contribution in [0.5, 0.6) is 5.75 Å². The van der Waals surface area contributed by atoms with E-state index in [4.69, 9.17) is 4.18 Å². The van der Waals surface area contributed by atoms with E-state index in [2.05, 4.69) is 4.98 Å². The molecular formula is C10H10N2O4S. The van der Waals surface area contributed by atoms with Crippen molar-refractivity contribution in [2.75, 3.05) is 6.26 Å². The van der Waals surface area contributed by atoms with Gasteiger partial charge in [0.05, 0.1) is 6.26 Å². The lowest BCUT2D eigenvalue weighted by Crippen LogP contribution is -2.16.